The maximum Gasteiger partial charge on any atom is 0.269 e. The third kappa shape index (κ3) is 3.71. The van der Waals surface area contributed by atoms with Crippen molar-refractivity contribution in [2.75, 3.05) is 5.73 Å². The van der Waals surface area contributed by atoms with Gasteiger partial charge in [0, 0.05) is 32.9 Å². The molecule has 4 nitrogen and oxygen atoms in total. The fourth-order valence-corrected chi connectivity index (χ4v) is 3.16. The third-order valence-electron chi connectivity index (χ3n) is 2.47. The van der Waals surface area contributed by atoms with Gasteiger partial charge in [0.25, 0.3) is 5.69 Å². The molecular formula is C13H11BrN2O2S. The van der Waals surface area contributed by atoms with Crippen molar-refractivity contribution in [3.63, 3.8) is 0 Å². The van der Waals surface area contributed by atoms with Gasteiger partial charge < -0.3 is 5.73 Å². The van der Waals surface area contributed by atoms with Crippen LogP contribution >= 0.6 is 27.7 Å². The molecule has 2 aromatic rings. The number of rotatable bonds is 4. The molecular weight excluding hydrogens is 328 g/mol. The van der Waals surface area contributed by atoms with E-state index in [2.05, 4.69) is 15.9 Å². The lowest BCUT2D eigenvalue weighted by molar-refractivity contribution is -0.384. The Bertz CT molecular complexity index is 619. The van der Waals surface area contributed by atoms with Crippen LogP contribution < -0.4 is 5.73 Å². The van der Waals surface area contributed by atoms with Crippen LogP contribution in [0.3, 0.4) is 0 Å². The van der Waals surface area contributed by atoms with E-state index in [9.17, 15) is 10.1 Å². The predicted octanol–water partition coefficient (Wildman–Crippen LogP) is 4.23. The van der Waals surface area contributed by atoms with E-state index in [0.717, 1.165) is 14.9 Å². The number of benzene rings is 2. The van der Waals surface area contributed by atoms with Crippen molar-refractivity contribution in [1.82, 2.24) is 0 Å². The molecule has 0 atom stereocenters. The van der Waals surface area contributed by atoms with Gasteiger partial charge in [-0.3, -0.25) is 10.1 Å². The Morgan fingerprint density at radius 1 is 1.26 bits per heavy atom. The highest BCUT2D eigenvalue weighted by Crippen LogP contribution is 2.31. The second-order valence-electron chi connectivity index (χ2n) is 3.91. The largest absolute Gasteiger partial charge is 0.399 e. The number of nitro benzene ring substituents is 1. The fourth-order valence-electron chi connectivity index (χ4n) is 1.56. The van der Waals surface area contributed by atoms with E-state index in [1.807, 2.05) is 24.3 Å². The maximum absolute atomic E-state index is 10.7. The first-order chi connectivity index (χ1) is 9.06. The molecule has 0 radical (unpaired) electrons. The molecule has 0 aliphatic rings. The summed E-state index contributed by atoms with van der Waals surface area (Å²) in [7, 11) is 0. The van der Waals surface area contributed by atoms with Crippen LogP contribution in [-0.2, 0) is 5.75 Å². The average Bonchev–Trinajstić information content (AvgIpc) is 2.38. The summed E-state index contributed by atoms with van der Waals surface area (Å²) >= 11 is 5.05. The number of nitrogens with two attached hydrogens (primary N) is 1. The van der Waals surface area contributed by atoms with Gasteiger partial charge in [0.15, 0.2) is 0 Å². The number of hydrogen-bond acceptors (Lipinski definition) is 4. The summed E-state index contributed by atoms with van der Waals surface area (Å²) in [6.07, 6.45) is 0. The van der Waals surface area contributed by atoms with E-state index < -0.39 is 0 Å². The van der Waals surface area contributed by atoms with Gasteiger partial charge in [-0.1, -0.05) is 12.1 Å². The summed E-state index contributed by atoms with van der Waals surface area (Å²) in [5.41, 5.74) is 7.41. The maximum atomic E-state index is 10.7. The third-order valence-corrected chi connectivity index (χ3v) is 4.53. The van der Waals surface area contributed by atoms with Crippen molar-refractivity contribution in [1.29, 1.82) is 0 Å². The molecule has 0 amide bonds. The summed E-state index contributed by atoms with van der Waals surface area (Å²) < 4.78 is 0.933. The molecule has 0 bridgehead atoms. The van der Waals surface area contributed by atoms with Crippen molar-refractivity contribution in [3.05, 3.63) is 62.6 Å². The minimum atomic E-state index is -0.382. The number of thioether (sulfide) groups is 1. The molecule has 0 fully saturated rings. The van der Waals surface area contributed by atoms with Crippen LogP contribution in [0.2, 0.25) is 0 Å². The lowest BCUT2D eigenvalue weighted by Crippen LogP contribution is -1.89. The lowest BCUT2D eigenvalue weighted by atomic mass is 10.2. The van der Waals surface area contributed by atoms with Gasteiger partial charge in [0.05, 0.1) is 4.92 Å². The molecule has 6 heteroatoms. The van der Waals surface area contributed by atoms with Gasteiger partial charge in [-0.15, -0.1) is 11.8 Å². The highest BCUT2D eigenvalue weighted by molar-refractivity contribution is 9.10. The normalized spacial score (nSPS) is 10.4. The van der Waals surface area contributed by atoms with Gasteiger partial charge >= 0.3 is 0 Å². The van der Waals surface area contributed by atoms with Crippen LogP contribution in [0, 0.1) is 10.1 Å². The van der Waals surface area contributed by atoms with Crippen molar-refractivity contribution in [2.24, 2.45) is 0 Å². The van der Waals surface area contributed by atoms with Crippen LogP contribution in [0.4, 0.5) is 11.4 Å². The molecule has 2 N–H and O–H groups in total. The summed E-state index contributed by atoms with van der Waals surface area (Å²) in [6, 6.07) is 12.3. The number of hydrogen-bond donors (Lipinski definition) is 1. The zero-order valence-electron chi connectivity index (χ0n) is 9.88. The summed E-state index contributed by atoms with van der Waals surface area (Å²) in [6.45, 7) is 0. The molecule has 0 aromatic heterocycles. The number of nitrogen functional groups attached to an aromatic ring is 1. The Morgan fingerprint density at radius 3 is 2.74 bits per heavy atom. The van der Waals surface area contributed by atoms with Gasteiger partial charge in [0.1, 0.15) is 0 Å². The van der Waals surface area contributed by atoms with Crippen molar-refractivity contribution < 1.29 is 4.92 Å². The number of non-ortho nitro benzene ring substituents is 1. The number of anilines is 1. The molecule has 0 spiro atoms. The van der Waals surface area contributed by atoms with Crippen LogP contribution in [0.5, 0.6) is 0 Å². The second kappa shape index (κ2) is 6.08. The quantitative estimate of drug-likeness (QED) is 0.392. The molecule has 0 heterocycles. The van der Waals surface area contributed by atoms with E-state index in [-0.39, 0.29) is 10.6 Å². The minimum absolute atomic E-state index is 0.120. The number of nitro groups is 1. The van der Waals surface area contributed by atoms with Crippen LogP contribution in [-0.4, -0.2) is 4.92 Å². The Hall–Kier alpha value is -1.53. The van der Waals surface area contributed by atoms with E-state index in [1.165, 1.54) is 6.07 Å². The van der Waals surface area contributed by atoms with Gasteiger partial charge in [-0.05, 0) is 39.7 Å². The zero-order chi connectivity index (χ0) is 13.8. The Balaban J connectivity index is 2.10. The Labute approximate surface area is 123 Å². The lowest BCUT2D eigenvalue weighted by Gasteiger charge is -2.05. The first kappa shape index (κ1) is 13.9. The molecule has 19 heavy (non-hydrogen) atoms. The molecule has 0 unspecified atom stereocenters. The van der Waals surface area contributed by atoms with E-state index in [0.29, 0.717) is 11.4 Å². The topological polar surface area (TPSA) is 69.2 Å². The standard InChI is InChI=1S/C13H11BrN2O2S/c14-12-7-10(15)4-5-13(12)19-8-9-2-1-3-11(6-9)16(17)18/h1-7H,8,15H2. The van der Waals surface area contributed by atoms with Crippen molar-refractivity contribution in [2.45, 2.75) is 10.6 Å². The van der Waals surface area contributed by atoms with Crippen LogP contribution in [0.15, 0.2) is 51.8 Å². The highest BCUT2D eigenvalue weighted by atomic mass is 79.9. The summed E-state index contributed by atoms with van der Waals surface area (Å²) in [5, 5.41) is 10.7. The second-order valence-corrected chi connectivity index (χ2v) is 5.78. The van der Waals surface area contributed by atoms with E-state index in [4.69, 9.17) is 5.73 Å². The van der Waals surface area contributed by atoms with Crippen molar-refractivity contribution >= 4 is 39.1 Å². The Morgan fingerprint density at radius 2 is 2.05 bits per heavy atom. The highest BCUT2D eigenvalue weighted by Gasteiger charge is 2.07. The molecule has 2 rings (SSSR count). The summed E-state index contributed by atoms with van der Waals surface area (Å²) in [5.74, 6) is 0.671. The van der Waals surface area contributed by atoms with Crippen LogP contribution in [0.25, 0.3) is 0 Å². The Kier molecular flexibility index (Phi) is 4.44. The van der Waals surface area contributed by atoms with Gasteiger partial charge in [-0.25, -0.2) is 0 Å². The minimum Gasteiger partial charge on any atom is -0.399 e. The van der Waals surface area contributed by atoms with Gasteiger partial charge in [0.2, 0.25) is 0 Å². The smallest absolute Gasteiger partial charge is 0.269 e. The molecule has 0 aliphatic heterocycles. The first-order valence-corrected chi connectivity index (χ1v) is 7.25. The van der Waals surface area contributed by atoms with Crippen LogP contribution in [0.1, 0.15) is 5.56 Å². The monoisotopic (exact) mass is 338 g/mol. The average molecular weight is 339 g/mol. The van der Waals surface area contributed by atoms with E-state index in [1.54, 1.807) is 23.9 Å². The van der Waals surface area contributed by atoms with Crippen molar-refractivity contribution in [3.8, 4) is 0 Å². The van der Waals surface area contributed by atoms with E-state index >= 15 is 0 Å². The fraction of sp³-hybridized carbons (Fsp3) is 0.0769. The molecule has 0 aliphatic carbocycles. The molecule has 0 saturated carbocycles. The van der Waals surface area contributed by atoms with Gasteiger partial charge in [-0.2, -0.15) is 0 Å². The number of nitrogens with zero attached hydrogens (tertiary/aromatic N) is 1. The zero-order valence-corrected chi connectivity index (χ0v) is 12.3. The first-order valence-electron chi connectivity index (χ1n) is 5.47. The SMILES string of the molecule is Nc1ccc(SCc2cccc([N+](=O)[O-])c2)c(Br)c1. The molecule has 98 valence electrons. The molecule has 0 saturated heterocycles. The molecule has 2 aromatic carbocycles. The summed E-state index contributed by atoms with van der Waals surface area (Å²) in [4.78, 5) is 11.4. The predicted molar refractivity (Wildman–Crippen MR) is 81.2 cm³/mol. The number of halogens is 1.